The van der Waals surface area contributed by atoms with Gasteiger partial charge in [0, 0.05) is 32.3 Å². The second-order valence-corrected chi connectivity index (χ2v) is 5.06. The molecule has 1 aliphatic heterocycles. The maximum absolute atomic E-state index is 7.33. The van der Waals surface area contributed by atoms with Crippen LogP contribution < -0.4 is 10.5 Å². The summed E-state index contributed by atoms with van der Waals surface area (Å²) >= 11 is 0. The number of amidine groups is 1. The topological polar surface area (TPSA) is 71.6 Å². The predicted molar refractivity (Wildman–Crippen MR) is 79.4 cm³/mol. The number of nitrogen functional groups attached to an aromatic ring is 1. The Morgan fingerprint density at radius 3 is 2.50 bits per heavy atom. The summed E-state index contributed by atoms with van der Waals surface area (Å²) in [7, 11) is 1.79. The highest BCUT2D eigenvalue weighted by Crippen LogP contribution is 2.14. The van der Waals surface area contributed by atoms with Gasteiger partial charge in [-0.2, -0.15) is 0 Å². The molecule has 0 bridgehead atoms. The van der Waals surface area contributed by atoms with Gasteiger partial charge in [0.15, 0.2) is 0 Å². The average Bonchev–Trinajstić information content (AvgIpc) is 2.48. The van der Waals surface area contributed by atoms with E-state index in [1.807, 2.05) is 24.3 Å². The molecule has 0 saturated carbocycles. The number of rotatable bonds is 6. The number of hydrogen-bond acceptors (Lipinski definition) is 4. The molecule has 1 heterocycles. The van der Waals surface area contributed by atoms with Gasteiger partial charge in [0.05, 0.1) is 6.10 Å². The molecule has 0 atom stereocenters. The normalized spacial score (nSPS) is 17.1. The van der Waals surface area contributed by atoms with Crippen LogP contribution >= 0.6 is 0 Å². The molecule has 2 rings (SSSR count). The van der Waals surface area contributed by atoms with Gasteiger partial charge in [-0.3, -0.25) is 10.3 Å². The summed E-state index contributed by atoms with van der Waals surface area (Å²) < 4.78 is 11.1. The zero-order valence-electron chi connectivity index (χ0n) is 12.0. The van der Waals surface area contributed by atoms with Crippen LogP contribution in [0.2, 0.25) is 0 Å². The molecule has 1 saturated heterocycles. The highest BCUT2D eigenvalue weighted by molar-refractivity contribution is 5.94. The van der Waals surface area contributed by atoms with Crippen molar-refractivity contribution in [3.05, 3.63) is 29.8 Å². The SMILES string of the molecule is COC1CCN(CCOc2ccc(C(=N)N)cc2)CC1. The number of hydrogen-bond donors (Lipinski definition) is 2. The number of nitrogens with zero attached hydrogens (tertiary/aromatic N) is 1. The minimum Gasteiger partial charge on any atom is -0.492 e. The van der Waals surface area contributed by atoms with Crippen molar-refractivity contribution >= 4 is 5.84 Å². The second kappa shape index (κ2) is 7.26. The van der Waals surface area contributed by atoms with Crippen LogP contribution in [0.5, 0.6) is 5.75 Å². The molecular formula is C15H23N3O2. The van der Waals surface area contributed by atoms with Crippen LogP contribution in [0.15, 0.2) is 24.3 Å². The van der Waals surface area contributed by atoms with E-state index in [2.05, 4.69) is 4.90 Å². The van der Waals surface area contributed by atoms with Crippen LogP contribution in [-0.4, -0.2) is 50.2 Å². The smallest absolute Gasteiger partial charge is 0.122 e. The Kier molecular flexibility index (Phi) is 5.38. The van der Waals surface area contributed by atoms with Crippen molar-refractivity contribution in [1.29, 1.82) is 5.41 Å². The molecule has 1 aromatic carbocycles. The van der Waals surface area contributed by atoms with Gasteiger partial charge in [0.25, 0.3) is 0 Å². The van der Waals surface area contributed by atoms with Crippen LogP contribution in [0.25, 0.3) is 0 Å². The van der Waals surface area contributed by atoms with Crippen LogP contribution in [-0.2, 0) is 4.74 Å². The van der Waals surface area contributed by atoms with Crippen molar-refractivity contribution in [2.45, 2.75) is 18.9 Å². The first-order valence-electron chi connectivity index (χ1n) is 7.01. The Balaban J connectivity index is 1.69. The number of piperidine rings is 1. The first-order valence-corrected chi connectivity index (χ1v) is 7.01. The molecule has 5 nitrogen and oxygen atoms in total. The molecule has 20 heavy (non-hydrogen) atoms. The van der Waals surface area contributed by atoms with E-state index in [0.717, 1.165) is 43.8 Å². The quantitative estimate of drug-likeness (QED) is 0.610. The van der Waals surface area contributed by atoms with Gasteiger partial charge in [-0.25, -0.2) is 0 Å². The van der Waals surface area contributed by atoms with Gasteiger partial charge in [-0.05, 0) is 37.1 Å². The van der Waals surface area contributed by atoms with Gasteiger partial charge in [-0.1, -0.05) is 0 Å². The van der Waals surface area contributed by atoms with Crippen LogP contribution in [0.1, 0.15) is 18.4 Å². The highest BCUT2D eigenvalue weighted by atomic mass is 16.5. The Morgan fingerprint density at radius 2 is 1.95 bits per heavy atom. The predicted octanol–water partition coefficient (Wildman–Crippen LogP) is 1.46. The Hall–Kier alpha value is -1.59. The molecule has 0 aliphatic carbocycles. The lowest BCUT2D eigenvalue weighted by atomic mass is 10.1. The fraction of sp³-hybridized carbons (Fsp3) is 0.533. The lowest BCUT2D eigenvalue weighted by Gasteiger charge is -2.30. The molecule has 1 fully saturated rings. The van der Waals surface area contributed by atoms with Gasteiger partial charge >= 0.3 is 0 Å². The van der Waals surface area contributed by atoms with E-state index in [9.17, 15) is 0 Å². The summed E-state index contributed by atoms with van der Waals surface area (Å²) in [5.74, 6) is 0.902. The van der Waals surface area contributed by atoms with Crippen LogP contribution in [0, 0.1) is 5.41 Å². The molecule has 0 radical (unpaired) electrons. The summed E-state index contributed by atoms with van der Waals surface area (Å²) in [6.45, 7) is 3.76. The lowest BCUT2D eigenvalue weighted by molar-refractivity contribution is 0.0375. The Labute approximate surface area is 120 Å². The first kappa shape index (κ1) is 14.8. The number of benzene rings is 1. The van der Waals surface area contributed by atoms with E-state index in [0.29, 0.717) is 12.7 Å². The second-order valence-electron chi connectivity index (χ2n) is 5.06. The van der Waals surface area contributed by atoms with Crippen molar-refractivity contribution < 1.29 is 9.47 Å². The summed E-state index contributed by atoms with van der Waals surface area (Å²) in [6, 6.07) is 7.32. The summed E-state index contributed by atoms with van der Waals surface area (Å²) in [5.41, 5.74) is 6.13. The average molecular weight is 277 g/mol. The first-order chi connectivity index (χ1) is 9.69. The highest BCUT2D eigenvalue weighted by Gasteiger charge is 2.18. The van der Waals surface area contributed by atoms with Crippen molar-refractivity contribution in [3.63, 3.8) is 0 Å². The number of methoxy groups -OCH3 is 1. The van der Waals surface area contributed by atoms with E-state index < -0.39 is 0 Å². The fourth-order valence-electron chi connectivity index (χ4n) is 2.39. The summed E-state index contributed by atoms with van der Waals surface area (Å²) in [6.07, 6.45) is 2.62. The van der Waals surface area contributed by atoms with E-state index in [4.69, 9.17) is 20.6 Å². The van der Waals surface area contributed by atoms with E-state index in [-0.39, 0.29) is 5.84 Å². The molecule has 1 aromatic rings. The number of nitrogens with two attached hydrogens (primary N) is 1. The standard InChI is InChI=1S/C15H23N3O2/c1-19-13-6-8-18(9-7-13)10-11-20-14-4-2-12(3-5-14)15(16)17/h2-5,13H,6-11H2,1H3,(H3,16,17). The molecule has 0 unspecified atom stereocenters. The number of likely N-dealkylation sites (tertiary alicyclic amines) is 1. The van der Waals surface area contributed by atoms with Crippen molar-refractivity contribution in [3.8, 4) is 5.75 Å². The lowest BCUT2D eigenvalue weighted by Crippen LogP contribution is -2.38. The maximum atomic E-state index is 7.33. The zero-order chi connectivity index (χ0) is 14.4. The van der Waals surface area contributed by atoms with Crippen molar-refractivity contribution in [2.24, 2.45) is 5.73 Å². The third-order valence-corrected chi connectivity index (χ3v) is 3.71. The fourth-order valence-corrected chi connectivity index (χ4v) is 2.39. The number of nitrogens with one attached hydrogen (secondary N) is 1. The van der Waals surface area contributed by atoms with E-state index >= 15 is 0 Å². The minimum atomic E-state index is 0.0811. The molecule has 5 heteroatoms. The molecular weight excluding hydrogens is 254 g/mol. The van der Waals surface area contributed by atoms with Gasteiger partial charge in [0.1, 0.15) is 18.2 Å². The third-order valence-electron chi connectivity index (χ3n) is 3.71. The van der Waals surface area contributed by atoms with Crippen LogP contribution in [0.3, 0.4) is 0 Å². The van der Waals surface area contributed by atoms with Gasteiger partial charge in [0.2, 0.25) is 0 Å². The molecule has 3 N–H and O–H groups in total. The number of ether oxygens (including phenoxy) is 2. The third kappa shape index (κ3) is 4.21. The Morgan fingerprint density at radius 1 is 1.30 bits per heavy atom. The Bertz CT molecular complexity index is 425. The van der Waals surface area contributed by atoms with Crippen molar-refractivity contribution in [2.75, 3.05) is 33.4 Å². The molecule has 1 aliphatic rings. The maximum Gasteiger partial charge on any atom is 0.122 e. The van der Waals surface area contributed by atoms with Gasteiger partial charge in [-0.15, -0.1) is 0 Å². The molecule has 0 aromatic heterocycles. The largest absolute Gasteiger partial charge is 0.492 e. The monoisotopic (exact) mass is 277 g/mol. The summed E-state index contributed by atoms with van der Waals surface area (Å²) in [5, 5.41) is 7.33. The molecule has 0 spiro atoms. The molecule has 110 valence electrons. The van der Waals surface area contributed by atoms with Gasteiger partial charge < -0.3 is 15.2 Å². The van der Waals surface area contributed by atoms with E-state index in [1.165, 1.54) is 0 Å². The van der Waals surface area contributed by atoms with E-state index in [1.54, 1.807) is 7.11 Å². The summed E-state index contributed by atoms with van der Waals surface area (Å²) in [4.78, 5) is 2.40. The van der Waals surface area contributed by atoms with Crippen LogP contribution in [0.4, 0.5) is 0 Å². The van der Waals surface area contributed by atoms with Crippen molar-refractivity contribution in [1.82, 2.24) is 4.90 Å². The molecule has 0 amide bonds. The zero-order valence-corrected chi connectivity index (χ0v) is 12.0. The minimum absolute atomic E-state index is 0.0811.